The van der Waals surface area contributed by atoms with Crippen LogP contribution in [-0.2, 0) is 6.54 Å². The Labute approximate surface area is 113 Å². The molecule has 0 bridgehead atoms. The van der Waals surface area contributed by atoms with Gasteiger partial charge in [-0.3, -0.25) is 0 Å². The third-order valence-corrected chi connectivity index (χ3v) is 3.51. The summed E-state index contributed by atoms with van der Waals surface area (Å²) in [6.07, 6.45) is 1.76. The van der Waals surface area contributed by atoms with Crippen molar-refractivity contribution in [1.82, 2.24) is 5.32 Å². The summed E-state index contributed by atoms with van der Waals surface area (Å²) in [5.74, 6) is 0.983. The van der Waals surface area contributed by atoms with Gasteiger partial charge in [-0.1, -0.05) is 36.4 Å². The summed E-state index contributed by atoms with van der Waals surface area (Å²) in [6.45, 7) is 2.89. The van der Waals surface area contributed by atoms with E-state index in [1.807, 2.05) is 13.1 Å². The molecule has 0 radical (unpaired) electrons. The van der Waals surface area contributed by atoms with Crippen LogP contribution in [0, 0.1) is 6.92 Å². The van der Waals surface area contributed by atoms with Gasteiger partial charge in [0, 0.05) is 5.56 Å². The highest BCUT2D eigenvalue weighted by Gasteiger charge is 2.11. The lowest BCUT2D eigenvalue weighted by Gasteiger charge is -2.09. The van der Waals surface area contributed by atoms with Crippen LogP contribution >= 0.6 is 0 Å². The first kappa shape index (κ1) is 12.0. The zero-order chi connectivity index (χ0) is 13.2. The lowest BCUT2D eigenvalue weighted by Crippen LogP contribution is -2.04. The third-order valence-electron chi connectivity index (χ3n) is 3.51. The van der Waals surface area contributed by atoms with E-state index in [9.17, 15) is 0 Å². The van der Waals surface area contributed by atoms with E-state index in [0.29, 0.717) is 0 Å². The zero-order valence-electron chi connectivity index (χ0n) is 11.2. The standard InChI is InChI=1S/C17H17NO/c1-12-7-8-15(14-6-4-3-5-13(12)14)16-9-10-19-17(16)11-18-2/h3-10,18H,11H2,1-2H3. The van der Waals surface area contributed by atoms with Crippen LogP contribution < -0.4 is 5.32 Å². The molecule has 0 unspecified atom stereocenters. The van der Waals surface area contributed by atoms with Gasteiger partial charge >= 0.3 is 0 Å². The maximum absolute atomic E-state index is 5.58. The molecule has 3 aromatic rings. The molecule has 0 amide bonds. The molecule has 0 saturated carbocycles. The number of fused-ring (bicyclic) bond motifs is 1. The Morgan fingerprint density at radius 2 is 1.74 bits per heavy atom. The Morgan fingerprint density at radius 1 is 0.947 bits per heavy atom. The van der Waals surface area contributed by atoms with Gasteiger partial charge in [0.25, 0.3) is 0 Å². The molecule has 2 heteroatoms. The maximum Gasteiger partial charge on any atom is 0.125 e. The Balaban J connectivity index is 2.25. The van der Waals surface area contributed by atoms with Crippen molar-refractivity contribution in [3.63, 3.8) is 0 Å². The van der Waals surface area contributed by atoms with Gasteiger partial charge in [0.2, 0.25) is 0 Å². The number of nitrogens with one attached hydrogen (secondary N) is 1. The van der Waals surface area contributed by atoms with Gasteiger partial charge in [-0.25, -0.2) is 0 Å². The van der Waals surface area contributed by atoms with Gasteiger partial charge in [-0.2, -0.15) is 0 Å². The number of benzene rings is 2. The zero-order valence-corrected chi connectivity index (χ0v) is 11.2. The van der Waals surface area contributed by atoms with Crippen LogP contribution in [0.15, 0.2) is 53.1 Å². The third kappa shape index (κ3) is 2.04. The predicted octanol–water partition coefficient (Wildman–Crippen LogP) is 4.13. The maximum atomic E-state index is 5.58. The molecule has 96 valence electrons. The minimum atomic E-state index is 0.741. The van der Waals surface area contributed by atoms with Crippen molar-refractivity contribution in [3.05, 3.63) is 60.1 Å². The average molecular weight is 251 g/mol. The molecular formula is C17H17NO. The molecule has 0 spiro atoms. The molecule has 0 fully saturated rings. The van der Waals surface area contributed by atoms with E-state index in [2.05, 4.69) is 48.6 Å². The van der Waals surface area contributed by atoms with Crippen LogP contribution in [0.5, 0.6) is 0 Å². The highest BCUT2D eigenvalue weighted by Crippen LogP contribution is 2.33. The second kappa shape index (κ2) is 4.90. The molecule has 0 aliphatic carbocycles. The molecule has 1 heterocycles. The van der Waals surface area contributed by atoms with Gasteiger partial charge in [-0.15, -0.1) is 0 Å². The van der Waals surface area contributed by atoms with Crippen molar-refractivity contribution >= 4 is 10.8 Å². The van der Waals surface area contributed by atoms with Crippen LogP contribution in [0.4, 0.5) is 0 Å². The van der Waals surface area contributed by atoms with E-state index in [-0.39, 0.29) is 0 Å². The van der Waals surface area contributed by atoms with Gasteiger partial charge in [0.1, 0.15) is 5.76 Å². The number of aryl methyl sites for hydroxylation is 1. The highest BCUT2D eigenvalue weighted by atomic mass is 16.3. The fourth-order valence-electron chi connectivity index (χ4n) is 2.56. The van der Waals surface area contributed by atoms with Crippen LogP contribution in [0.3, 0.4) is 0 Å². The minimum absolute atomic E-state index is 0.741. The van der Waals surface area contributed by atoms with E-state index >= 15 is 0 Å². The van der Waals surface area contributed by atoms with E-state index in [1.165, 1.54) is 27.5 Å². The number of hydrogen-bond donors (Lipinski definition) is 1. The summed E-state index contributed by atoms with van der Waals surface area (Å²) in [6, 6.07) is 14.9. The van der Waals surface area contributed by atoms with Crippen molar-refractivity contribution in [3.8, 4) is 11.1 Å². The summed E-state index contributed by atoms with van der Waals surface area (Å²) in [4.78, 5) is 0. The van der Waals surface area contributed by atoms with Gasteiger partial charge < -0.3 is 9.73 Å². The predicted molar refractivity (Wildman–Crippen MR) is 79.2 cm³/mol. The molecule has 0 atom stereocenters. The van der Waals surface area contributed by atoms with Crippen molar-refractivity contribution in [2.45, 2.75) is 13.5 Å². The van der Waals surface area contributed by atoms with Gasteiger partial charge in [0.05, 0.1) is 12.8 Å². The van der Waals surface area contributed by atoms with E-state index in [1.54, 1.807) is 6.26 Å². The fraction of sp³-hybridized carbons (Fsp3) is 0.176. The topological polar surface area (TPSA) is 25.2 Å². The summed E-state index contributed by atoms with van der Waals surface area (Å²) in [5.41, 5.74) is 3.71. The molecule has 0 aliphatic rings. The molecule has 0 saturated heterocycles. The molecule has 19 heavy (non-hydrogen) atoms. The Kier molecular flexibility index (Phi) is 3.10. The first-order valence-electron chi connectivity index (χ1n) is 6.51. The largest absolute Gasteiger partial charge is 0.467 e. The van der Waals surface area contributed by atoms with Crippen LogP contribution in [0.1, 0.15) is 11.3 Å². The first-order valence-corrected chi connectivity index (χ1v) is 6.51. The van der Waals surface area contributed by atoms with E-state index in [4.69, 9.17) is 4.42 Å². The second-order valence-corrected chi connectivity index (χ2v) is 4.76. The lowest BCUT2D eigenvalue weighted by molar-refractivity contribution is 0.497. The highest BCUT2D eigenvalue weighted by molar-refractivity contribution is 5.98. The Morgan fingerprint density at radius 3 is 2.53 bits per heavy atom. The molecule has 3 rings (SSSR count). The Hall–Kier alpha value is -2.06. The number of hydrogen-bond acceptors (Lipinski definition) is 2. The van der Waals surface area contributed by atoms with Crippen molar-refractivity contribution < 1.29 is 4.42 Å². The lowest BCUT2D eigenvalue weighted by atomic mass is 9.96. The summed E-state index contributed by atoms with van der Waals surface area (Å²) in [5, 5.41) is 5.73. The van der Waals surface area contributed by atoms with Crippen LogP contribution in [-0.4, -0.2) is 7.05 Å². The fourth-order valence-corrected chi connectivity index (χ4v) is 2.56. The first-order chi connectivity index (χ1) is 9.31. The SMILES string of the molecule is CNCc1occc1-c1ccc(C)c2ccccc12. The quantitative estimate of drug-likeness (QED) is 0.757. The molecule has 2 nitrogen and oxygen atoms in total. The van der Waals surface area contributed by atoms with Crippen LogP contribution in [0.25, 0.3) is 21.9 Å². The molecule has 0 aliphatic heterocycles. The average Bonchev–Trinajstić information content (AvgIpc) is 2.88. The molecule has 2 aromatic carbocycles. The van der Waals surface area contributed by atoms with E-state index < -0.39 is 0 Å². The molecule has 1 N–H and O–H groups in total. The number of rotatable bonds is 3. The molecular weight excluding hydrogens is 234 g/mol. The monoisotopic (exact) mass is 251 g/mol. The summed E-state index contributed by atoms with van der Waals surface area (Å²) in [7, 11) is 1.93. The minimum Gasteiger partial charge on any atom is -0.467 e. The van der Waals surface area contributed by atoms with E-state index in [0.717, 1.165) is 12.3 Å². The molecule has 1 aromatic heterocycles. The van der Waals surface area contributed by atoms with Crippen LogP contribution in [0.2, 0.25) is 0 Å². The summed E-state index contributed by atoms with van der Waals surface area (Å²) >= 11 is 0. The van der Waals surface area contributed by atoms with Gasteiger partial charge in [0.15, 0.2) is 0 Å². The number of furan rings is 1. The Bertz CT molecular complexity index is 712. The van der Waals surface area contributed by atoms with Crippen molar-refractivity contribution in [2.75, 3.05) is 7.05 Å². The summed E-state index contributed by atoms with van der Waals surface area (Å²) < 4.78 is 5.58. The van der Waals surface area contributed by atoms with Crippen molar-refractivity contribution in [1.29, 1.82) is 0 Å². The van der Waals surface area contributed by atoms with Crippen molar-refractivity contribution in [2.24, 2.45) is 0 Å². The second-order valence-electron chi connectivity index (χ2n) is 4.76. The van der Waals surface area contributed by atoms with Gasteiger partial charge in [-0.05, 0) is 41.9 Å². The normalized spacial score (nSPS) is 11.1. The smallest absolute Gasteiger partial charge is 0.125 e.